The highest BCUT2D eigenvalue weighted by Gasteiger charge is 2.25. The first-order valence-electron chi connectivity index (χ1n) is 4.31. The van der Waals surface area contributed by atoms with Crippen molar-refractivity contribution >= 4 is 11.8 Å². The highest BCUT2D eigenvalue weighted by molar-refractivity contribution is 8.00. The molecule has 0 saturated carbocycles. The molecule has 0 aromatic heterocycles. The maximum absolute atomic E-state index is 3.47. The molecule has 58 valence electrons. The van der Waals surface area contributed by atoms with E-state index in [-0.39, 0.29) is 0 Å². The number of thioether (sulfide) groups is 1. The first-order valence-corrected chi connectivity index (χ1v) is 5.25. The van der Waals surface area contributed by atoms with E-state index in [1.807, 2.05) is 0 Å². The van der Waals surface area contributed by atoms with Gasteiger partial charge in [-0.1, -0.05) is 0 Å². The molecule has 2 fully saturated rings. The molecule has 0 aliphatic carbocycles. The summed E-state index contributed by atoms with van der Waals surface area (Å²) >= 11 is 2.25. The maximum atomic E-state index is 3.47. The highest BCUT2D eigenvalue weighted by atomic mass is 32.2. The van der Waals surface area contributed by atoms with Crippen LogP contribution in [0.5, 0.6) is 0 Å². The molecule has 0 spiro atoms. The minimum absolute atomic E-state index is 0.998. The van der Waals surface area contributed by atoms with Crippen LogP contribution in [0.2, 0.25) is 0 Å². The Kier molecular flexibility index (Phi) is 2.19. The molecule has 10 heavy (non-hydrogen) atoms. The van der Waals surface area contributed by atoms with Crippen LogP contribution >= 0.6 is 11.8 Å². The van der Waals surface area contributed by atoms with Crippen LogP contribution in [0.1, 0.15) is 25.7 Å². The standard InChI is InChI=1S/C8H15NS/c1-2-8-4-6-9-5-3-7(1)10-8/h7-9H,1-6H2. The molecule has 1 nitrogen and oxygen atoms in total. The Balaban J connectivity index is 1.91. The Morgan fingerprint density at radius 1 is 0.900 bits per heavy atom. The van der Waals surface area contributed by atoms with Gasteiger partial charge in [-0.2, -0.15) is 11.8 Å². The second kappa shape index (κ2) is 3.14. The Hall–Kier alpha value is 0.310. The fourth-order valence-electron chi connectivity index (χ4n) is 1.86. The minimum atomic E-state index is 0.998. The summed E-state index contributed by atoms with van der Waals surface area (Å²) in [4.78, 5) is 0. The molecule has 2 heteroatoms. The lowest BCUT2D eigenvalue weighted by atomic mass is 10.1. The number of rotatable bonds is 0. The van der Waals surface area contributed by atoms with Crippen molar-refractivity contribution < 1.29 is 0 Å². The van der Waals surface area contributed by atoms with E-state index in [2.05, 4.69) is 17.1 Å². The smallest absolute Gasteiger partial charge is 0.00623 e. The molecule has 2 atom stereocenters. The molecule has 2 unspecified atom stereocenters. The van der Waals surface area contributed by atoms with E-state index >= 15 is 0 Å². The fraction of sp³-hybridized carbons (Fsp3) is 1.00. The van der Waals surface area contributed by atoms with Gasteiger partial charge in [-0.25, -0.2) is 0 Å². The van der Waals surface area contributed by atoms with Gasteiger partial charge < -0.3 is 5.32 Å². The van der Waals surface area contributed by atoms with E-state index in [4.69, 9.17) is 0 Å². The van der Waals surface area contributed by atoms with Crippen LogP contribution in [0.15, 0.2) is 0 Å². The molecule has 0 amide bonds. The largest absolute Gasteiger partial charge is 0.317 e. The molecule has 0 aromatic rings. The fourth-order valence-corrected chi connectivity index (χ4v) is 3.45. The van der Waals surface area contributed by atoms with Crippen LogP contribution in [-0.4, -0.2) is 23.6 Å². The topological polar surface area (TPSA) is 12.0 Å². The summed E-state index contributed by atoms with van der Waals surface area (Å²) in [7, 11) is 0. The van der Waals surface area contributed by atoms with E-state index in [1.165, 1.54) is 38.8 Å². The second-order valence-corrected chi connectivity index (χ2v) is 4.89. The summed E-state index contributed by atoms with van der Waals surface area (Å²) in [5, 5.41) is 5.47. The summed E-state index contributed by atoms with van der Waals surface area (Å²) in [5.41, 5.74) is 0. The monoisotopic (exact) mass is 157 g/mol. The number of hydrogen-bond acceptors (Lipinski definition) is 2. The van der Waals surface area contributed by atoms with Crippen molar-refractivity contribution in [2.45, 2.75) is 36.2 Å². The molecular weight excluding hydrogens is 142 g/mol. The van der Waals surface area contributed by atoms with Gasteiger partial charge in [0.2, 0.25) is 0 Å². The van der Waals surface area contributed by atoms with Gasteiger partial charge in [0.05, 0.1) is 0 Å². The third kappa shape index (κ3) is 1.48. The molecule has 2 bridgehead atoms. The molecule has 0 radical (unpaired) electrons. The molecule has 2 aliphatic rings. The number of nitrogens with one attached hydrogen (secondary N) is 1. The zero-order valence-electron chi connectivity index (χ0n) is 6.31. The van der Waals surface area contributed by atoms with E-state index in [1.54, 1.807) is 0 Å². The third-order valence-electron chi connectivity index (χ3n) is 2.48. The lowest BCUT2D eigenvalue weighted by Crippen LogP contribution is -2.23. The van der Waals surface area contributed by atoms with Crippen molar-refractivity contribution in [1.29, 1.82) is 0 Å². The van der Waals surface area contributed by atoms with E-state index in [0.717, 1.165) is 10.5 Å². The lowest BCUT2D eigenvalue weighted by molar-refractivity contribution is 0.626. The van der Waals surface area contributed by atoms with E-state index in [0.29, 0.717) is 0 Å². The van der Waals surface area contributed by atoms with Crippen molar-refractivity contribution in [3.05, 3.63) is 0 Å². The van der Waals surface area contributed by atoms with Crippen molar-refractivity contribution in [2.24, 2.45) is 0 Å². The Labute approximate surface area is 67.0 Å². The molecular formula is C8H15NS. The number of hydrogen-bond donors (Lipinski definition) is 1. The average Bonchev–Trinajstić information content (AvgIpc) is 2.30. The molecule has 0 aromatic carbocycles. The average molecular weight is 157 g/mol. The zero-order valence-corrected chi connectivity index (χ0v) is 7.12. The molecule has 1 N–H and O–H groups in total. The maximum Gasteiger partial charge on any atom is 0.00623 e. The molecule has 2 rings (SSSR count). The van der Waals surface area contributed by atoms with Crippen LogP contribution in [0.4, 0.5) is 0 Å². The van der Waals surface area contributed by atoms with Crippen LogP contribution in [0.3, 0.4) is 0 Å². The highest BCUT2D eigenvalue weighted by Crippen LogP contribution is 2.37. The van der Waals surface area contributed by atoms with Gasteiger partial charge in [0.15, 0.2) is 0 Å². The van der Waals surface area contributed by atoms with Crippen LogP contribution in [0.25, 0.3) is 0 Å². The van der Waals surface area contributed by atoms with Gasteiger partial charge in [-0.3, -0.25) is 0 Å². The molecule has 2 heterocycles. The SMILES string of the molecule is C1CC2CCC(CCN1)S2. The van der Waals surface area contributed by atoms with Crippen LogP contribution < -0.4 is 5.32 Å². The van der Waals surface area contributed by atoms with E-state index in [9.17, 15) is 0 Å². The van der Waals surface area contributed by atoms with Crippen molar-refractivity contribution in [2.75, 3.05) is 13.1 Å². The summed E-state index contributed by atoms with van der Waals surface area (Å²) < 4.78 is 0. The Bertz CT molecular complexity index is 104. The van der Waals surface area contributed by atoms with Gasteiger partial charge in [0, 0.05) is 10.5 Å². The molecule has 2 saturated heterocycles. The van der Waals surface area contributed by atoms with Gasteiger partial charge >= 0.3 is 0 Å². The van der Waals surface area contributed by atoms with Crippen molar-refractivity contribution in [1.82, 2.24) is 5.32 Å². The zero-order chi connectivity index (χ0) is 6.81. The molecule has 2 aliphatic heterocycles. The predicted octanol–water partition coefficient (Wildman–Crippen LogP) is 1.63. The summed E-state index contributed by atoms with van der Waals surface area (Å²) in [6.45, 7) is 2.51. The van der Waals surface area contributed by atoms with Crippen LogP contribution in [-0.2, 0) is 0 Å². The van der Waals surface area contributed by atoms with Crippen molar-refractivity contribution in [3.8, 4) is 0 Å². The van der Waals surface area contributed by atoms with E-state index < -0.39 is 0 Å². The first-order chi connectivity index (χ1) is 4.95. The van der Waals surface area contributed by atoms with Gasteiger partial charge in [0.1, 0.15) is 0 Å². The van der Waals surface area contributed by atoms with Gasteiger partial charge in [-0.05, 0) is 38.8 Å². The summed E-state index contributed by atoms with van der Waals surface area (Å²) in [6, 6.07) is 0. The Morgan fingerprint density at radius 3 is 2.10 bits per heavy atom. The van der Waals surface area contributed by atoms with Gasteiger partial charge in [-0.15, -0.1) is 0 Å². The Morgan fingerprint density at radius 2 is 1.50 bits per heavy atom. The normalized spacial score (nSPS) is 40.8. The van der Waals surface area contributed by atoms with Crippen molar-refractivity contribution in [3.63, 3.8) is 0 Å². The second-order valence-electron chi connectivity index (χ2n) is 3.28. The number of fused-ring (bicyclic) bond motifs is 2. The summed E-state index contributed by atoms with van der Waals surface area (Å²) in [5.74, 6) is 0. The lowest BCUT2D eigenvalue weighted by Gasteiger charge is -2.15. The van der Waals surface area contributed by atoms with Crippen LogP contribution in [0, 0.1) is 0 Å². The van der Waals surface area contributed by atoms with Gasteiger partial charge in [0.25, 0.3) is 0 Å². The first kappa shape index (κ1) is 6.99. The predicted molar refractivity (Wildman–Crippen MR) is 46.5 cm³/mol. The third-order valence-corrected chi connectivity index (χ3v) is 4.19. The summed E-state index contributed by atoms with van der Waals surface area (Å²) in [6.07, 6.45) is 5.77. The quantitative estimate of drug-likeness (QED) is 0.573. The minimum Gasteiger partial charge on any atom is -0.317 e.